The first-order valence-electron chi connectivity index (χ1n) is 20.0. The largest absolute Gasteiger partial charge is 0.248 e. The van der Waals surface area contributed by atoms with Gasteiger partial charge in [-0.15, -0.1) is 0 Å². The highest BCUT2D eigenvalue weighted by atomic mass is 14.9. The van der Waals surface area contributed by atoms with Gasteiger partial charge in [-0.1, -0.05) is 159 Å². The molecule has 5 aromatic carbocycles. The van der Waals surface area contributed by atoms with Gasteiger partial charge in [0.15, 0.2) is 0 Å². The van der Waals surface area contributed by atoms with Gasteiger partial charge in [0.05, 0.1) is 11.4 Å². The molecule has 1 aromatic heterocycles. The topological polar surface area (TPSA) is 12.9 Å². The molecule has 0 aliphatic heterocycles. The first-order chi connectivity index (χ1) is 25.6. The molecule has 2 bridgehead atoms. The molecule has 2 heteroatoms. The Morgan fingerprint density at radius 2 is 1.13 bits per heavy atom. The molecule has 0 saturated heterocycles. The molecule has 262 valence electrons. The predicted molar refractivity (Wildman–Crippen MR) is 223 cm³/mol. The molecule has 1 spiro atoms. The van der Waals surface area contributed by atoms with Crippen molar-refractivity contribution in [3.63, 3.8) is 0 Å². The molecular weight excluding hydrogens is 637 g/mol. The van der Waals surface area contributed by atoms with Crippen LogP contribution in [0.1, 0.15) is 76.6 Å². The maximum absolute atomic E-state index is 5.33. The van der Waals surface area contributed by atoms with Gasteiger partial charge in [-0.2, -0.15) is 0 Å². The fraction of sp³-hybridized carbons (Fsp3) is 0.314. The zero-order chi connectivity index (χ0) is 36.3. The van der Waals surface area contributed by atoms with Gasteiger partial charge in [0.2, 0.25) is 6.71 Å². The summed E-state index contributed by atoms with van der Waals surface area (Å²) in [6.07, 6.45) is 6.98. The van der Waals surface area contributed by atoms with Crippen LogP contribution in [0.3, 0.4) is 0 Å². The summed E-state index contributed by atoms with van der Waals surface area (Å²) < 4.78 is 0. The fourth-order valence-electron chi connectivity index (χ4n) is 12.8. The van der Waals surface area contributed by atoms with Crippen molar-refractivity contribution in [2.75, 3.05) is 0 Å². The molecular formula is C51H50BN. The Bertz CT molecular complexity index is 2320. The Morgan fingerprint density at radius 3 is 1.77 bits per heavy atom. The number of fused-ring (bicyclic) bond motifs is 1. The van der Waals surface area contributed by atoms with Gasteiger partial charge < -0.3 is 0 Å². The molecule has 5 atom stereocenters. The van der Waals surface area contributed by atoms with Crippen LogP contribution in [0.25, 0.3) is 22.5 Å². The zero-order valence-corrected chi connectivity index (χ0v) is 32.3. The van der Waals surface area contributed by atoms with Crippen LogP contribution < -0.4 is 16.4 Å². The van der Waals surface area contributed by atoms with Crippen molar-refractivity contribution in [3.05, 3.63) is 166 Å². The van der Waals surface area contributed by atoms with E-state index < -0.39 is 0 Å². The van der Waals surface area contributed by atoms with Gasteiger partial charge in [0, 0.05) is 11.0 Å². The smallest absolute Gasteiger partial charge is 0.242 e. The highest BCUT2D eigenvalue weighted by molar-refractivity contribution is 6.96. The number of aryl methyl sites for hydroxylation is 6. The average Bonchev–Trinajstić information content (AvgIpc) is 3.79. The van der Waals surface area contributed by atoms with Crippen LogP contribution in [0.15, 0.2) is 121 Å². The minimum absolute atomic E-state index is 0.138. The van der Waals surface area contributed by atoms with E-state index in [9.17, 15) is 0 Å². The molecule has 6 aromatic rings. The summed E-state index contributed by atoms with van der Waals surface area (Å²) in [6, 6.07) is 46.3. The lowest BCUT2D eigenvalue weighted by Crippen LogP contribution is -2.55. The third kappa shape index (κ3) is 4.87. The fourth-order valence-corrected chi connectivity index (χ4v) is 12.8. The van der Waals surface area contributed by atoms with Crippen LogP contribution in [0.5, 0.6) is 0 Å². The second-order valence-corrected chi connectivity index (χ2v) is 17.9. The summed E-state index contributed by atoms with van der Waals surface area (Å²) in [5.74, 6) is 1.86. The van der Waals surface area contributed by atoms with E-state index in [4.69, 9.17) is 4.98 Å². The van der Waals surface area contributed by atoms with Gasteiger partial charge in [0.25, 0.3) is 0 Å². The Kier molecular flexibility index (Phi) is 7.24. The van der Waals surface area contributed by atoms with E-state index in [0.717, 1.165) is 28.8 Å². The SMILES string of the molecule is Cc1cc(C)c(B(c2cccc(-c3cccc(-c4ccc(C56CC7(c8ccccc8)CC8CC5(C6)C8C7)cc4)n3)c2)c2c(C)cc(C)cc2C)c(C)c1. The molecule has 5 unspecified atom stereocenters. The highest BCUT2D eigenvalue weighted by Crippen LogP contribution is 2.89. The van der Waals surface area contributed by atoms with Gasteiger partial charge in [-0.05, 0) is 125 Å². The minimum atomic E-state index is 0.138. The van der Waals surface area contributed by atoms with Crippen molar-refractivity contribution in [1.82, 2.24) is 4.98 Å². The molecule has 53 heavy (non-hydrogen) atoms. The number of rotatable bonds is 7. The van der Waals surface area contributed by atoms with E-state index in [1.54, 1.807) is 11.1 Å². The zero-order valence-electron chi connectivity index (χ0n) is 32.3. The Balaban J connectivity index is 0.988. The first kappa shape index (κ1) is 32.9. The summed E-state index contributed by atoms with van der Waals surface area (Å²) in [5, 5.41) is 0. The lowest BCUT2D eigenvalue weighted by molar-refractivity contribution is 0.0415. The molecule has 4 aliphatic carbocycles. The number of benzene rings is 5. The second kappa shape index (κ2) is 11.7. The van der Waals surface area contributed by atoms with E-state index in [1.165, 1.54) is 87.4 Å². The summed E-state index contributed by atoms with van der Waals surface area (Å²) in [6.45, 7) is 13.7. The van der Waals surface area contributed by atoms with E-state index in [2.05, 4.69) is 163 Å². The van der Waals surface area contributed by atoms with Gasteiger partial charge >= 0.3 is 0 Å². The Morgan fingerprint density at radius 1 is 0.528 bits per heavy atom. The van der Waals surface area contributed by atoms with Crippen LogP contribution in [-0.4, -0.2) is 11.7 Å². The molecule has 0 N–H and O–H groups in total. The number of nitrogens with zero attached hydrogens (tertiary/aromatic N) is 1. The molecule has 10 rings (SSSR count). The van der Waals surface area contributed by atoms with E-state index in [0.29, 0.717) is 16.2 Å². The van der Waals surface area contributed by atoms with E-state index in [1.807, 2.05) is 0 Å². The summed E-state index contributed by atoms with van der Waals surface area (Å²) in [7, 11) is 0. The van der Waals surface area contributed by atoms with E-state index in [-0.39, 0.29) is 6.71 Å². The maximum atomic E-state index is 5.33. The molecule has 0 amide bonds. The number of pyridine rings is 1. The number of hydrogen-bond acceptors (Lipinski definition) is 1. The Hall–Kier alpha value is -4.69. The summed E-state index contributed by atoms with van der Waals surface area (Å²) >= 11 is 0. The maximum Gasteiger partial charge on any atom is 0.242 e. The second-order valence-electron chi connectivity index (χ2n) is 17.9. The number of hydrogen-bond donors (Lipinski definition) is 0. The van der Waals surface area contributed by atoms with Crippen molar-refractivity contribution in [2.45, 2.75) is 84.5 Å². The lowest BCUT2D eigenvalue weighted by Gasteiger charge is -2.49. The van der Waals surface area contributed by atoms with Crippen molar-refractivity contribution in [3.8, 4) is 22.5 Å². The summed E-state index contributed by atoms with van der Waals surface area (Å²) in [4.78, 5) is 5.33. The predicted octanol–water partition coefficient (Wildman–Crippen LogP) is 10.2. The van der Waals surface area contributed by atoms with Crippen LogP contribution >= 0.6 is 0 Å². The van der Waals surface area contributed by atoms with Gasteiger partial charge in [-0.25, -0.2) is 4.98 Å². The lowest BCUT2D eigenvalue weighted by atomic mass is 9.34. The van der Waals surface area contributed by atoms with Crippen molar-refractivity contribution in [2.24, 2.45) is 17.3 Å². The number of aromatic nitrogens is 1. The van der Waals surface area contributed by atoms with Crippen LogP contribution in [-0.2, 0) is 10.8 Å². The van der Waals surface area contributed by atoms with Gasteiger partial charge in [-0.3, -0.25) is 0 Å². The molecule has 1 heterocycles. The normalized spacial score (nSPS) is 26.2. The highest BCUT2D eigenvalue weighted by Gasteiger charge is 2.83. The van der Waals surface area contributed by atoms with Crippen LogP contribution in [0, 0.1) is 58.8 Å². The van der Waals surface area contributed by atoms with Crippen molar-refractivity contribution < 1.29 is 0 Å². The van der Waals surface area contributed by atoms with Gasteiger partial charge in [0.1, 0.15) is 0 Å². The average molecular weight is 688 g/mol. The standard InChI is InChI=1S/C51H50BN/c1-32-22-34(3)47(35(4)23-32)52(48-36(5)24-33(2)25-37(48)6)43-15-10-12-39(26-43)46-17-11-16-45(53-46)38-18-20-42(21-19-38)51-30-49(41-13-8-7-9-14-41)27-40-28-50(51,31-51)44(40)29-49/h7-26,40,44H,27-31H2,1-6H3. The molecule has 4 fully saturated rings. The summed E-state index contributed by atoms with van der Waals surface area (Å²) in [5.41, 5.74) is 21.1. The van der Waals surface area contributed by atoms with Crippen molar-refractivity contribution >= 4 is 23.1 Å². The van der Waals surface area contributed by atoms with E-state index >= 15 is 0 Å². The third-order valence-corrected chi connectivity index (χ3v) is 14.7. The van der Waals surface area contributed by atoms with Crippen LogP contribution in [0.2, 0.25) is 0 Å². The Labute approximate surface area is 317 Å². The molecule has 1 nitrogen and oxygen atoms in total. The van der Waals surface area contributed by atoms with Crippen molar-refractivity contribution in [1.29, 1.82) is 0 Å². The molecule has 4 aliphatic rings. The quantitative estimate of drug-likeness (QED) is 0.152. The molecule has 0 radical (unpaired) electrons. The van der Waals surface area contributed by atoms with Crippen LogP contribution in [0.4, 0.5) is 0 Å². The monoisotopic (exact) mass is 687 g/mol. The third-order valence-electron chi connectivity index (χ3n) is 14.7. The minimum Gasteiger partial charge on any atom is -0.248 e. The first-order valence-corrected chi connectivity index (χ1v) is 20.0. The molecule has 4 saturated carbocycles.